The van der Waals surface area contributed by atoms with E-state index in [0.29, 0.717) is 35.4 Å². The van der Waals surface area contributed by atoms with Gasteiger partial charge in [0.15, 0.2) is 18.1 Å². The zero-order valence-electron chi connectivity index (χ0n) is 21.4. The fraction of sp³-hybridized carbons (Fsp3) is 0.357. The predicted molar refractivity (Wildman–Crippen MR) is 150 cm³/mol. The van der Waals surface area contributed by atoms with Crippen LogP contribution in [-0.2, 0) is 6.54 Å². The number of piperazine rings is 1. The van der Waals surface area contributed by atoms with Gasteiger partial charge in [0.2, 0.25) is 18.6 Å². The van der Waals surface area contributed by atoms with Gasteiger partial charge in [-0.25, -0.2) is 4.98 Å². The van der Waals surface area contributed by atoms with Crippen molar-refractivity contribution in [2.24, 2.45) is 0 Å². The van der Waals surface area contributed by atoms with Gasteiger partial charge in [0.25, 0.3) is 0 Å². The second kappa shape index (κ2) is 13.0. The lowest BCUT2D eigenvalue weighted by molar-refractivity contribution is 0.0446. The highest BCUT2D eigenvalue weighted by Crippen LogP contribution is 2.33. The molecule has 1 fully saturated rings. The molecule has 3 heterocycles. The number of rotatable bonds is 11. The lowest BCUT2D eigenvalue weighted by Crippen LogP contribution is -2.48. The van der Waals surface area contributed by atoms with Crippen molar-refractivity contribution in [2.75, 3.05) is 58.0 Å². The van der Waals surface area contributed by atoms with Gasteiger partial charge in [0.1, 0.15) is 18.5 Å². The first-order valence-corrected chi connectivity index (χ1v) is 13.4. The Morgan fingerprint density at radius 2 is 1.82 bits per heavy atom. The van der Waals surface area contributed by atoms with Crippen LogP contribution in [0.15, 0.2) is 53.1 Å². The molecule has 2 aliphatic heterocycles. The van der Waals surface area contributed by atoms with E-state index in [1.54, 1.807) is 6.20 Å². The average molecular weight is 596 g/mol. The maximum absolute atomic E-state index is 10.5. The molecule has 204 valence electrons. The fourth-order valence-corrected chi connectivity index (χ4v) is 4.66. The number of β-amino-alcohol motifs (C(OH)–C–C–N with tert-alkyl or cyclic N) is 1. The molecule has 3 aromatic rings. The minimum Gasteiger partial charge on any atom is -0.491 e. The number of nitrogens with one attached hydrogen (secondary N) is 1. The number of aliphatic hydroxyl groups is 1. The summed E-state index contributed by atoms with van der Waals surface area (Å²) in [5, 5.41) is 13.7. The number of terminal acetylenes is 1. The smallest absolute Gasteiger partial charge is 0.233 e. The Labute approximate surface area is 236 Å². The largest absolute Gasteiger partial charge is 0.491 e. The quantitative estimate of drug-likeness (QED) is 0.321. The predicted octanol–water partition coefficient (Wildman–Crippen LogP) is 3.28. The van der Waals surface area contributed by atoms with Crippen molar-refractivity contribution in [1.82, 2.24) is 19.8 Å². The van der Waals surface area contributed by atoms with Gasteiger partial charge in [-0.15, -0.1) is 6.42 Å². The Bertz CT molecular complexity index is 1290. The molecule has 1 unspecified atom stereocenters. The highest BCUT2D eigenvalue weighted by atomic mass is 79.9. The van der Waals surface area contributed by atoms with Crippen molar-refractivity contribution in [3.8, 4) is 35.5 Å². The van der Waals surface area contributed by atoms with Crippen LogP contribution in [0.2, 0.25) is 0 Å². The summed E-state index contributed by atoms with van der Waals surface area (Å²) < 4.78 is 22.7. The van der Waals surface area contributed by atoms with Crippen LogP contribution in [-0.4, -0.2) is 83.7 Å². The third-order valence-electron chi connectivity index (χ3n) is 6.33. The maximum atomic E-state index is 10.5. The number of nitrogens with zero attached hydrogens (tertiary/aromatic N) is 4. The molecule has 1 aromatic heterocycles. The normalized spacial score (nSPS) is 15.9. The number of benzene rings is 2. The molecule has 2 N–H and O–H groups in total. The van der Waals surface area contributed by atoms with Crippen LogP contribution in [0.25, 0.3) is 0 Å². The van der Waals surface area contributed by atoms with Gasteiger partial charge in [-0.05, 0) is 57.9 Å². The number of ether oxygens (including phenoxy) is 4. The topological polar surface area (TPSA) is 101 Å². The zero-order chi connectivity index (χ0) is 27.0. The van der Waals surface area contributed by atoms with Crippen molar-refractivity contribution in [3.05, 3.63) is 58.7 Å². The lowest BCUT2D eigenvalue weighted by atomic mass is 10.1. The van der Waals surface area contributed by atoms with Gasteiger partial charge >= 0.3 is 0 Å². The Kier molecular flexibility index (Phi) is 9.00. The minimum atomic E-state index is -0.583. The van der Waals surface area contributed by atoms with Crippen molar-refractivity contribution >= 4 is 27.6 Å². The van der Waals surface area contributed by atoms with Gasteiger partial charge in [0.05, 0.1) is 10.7 Å². The standard InChI is InChI=1S/C28H30BrN5O5/c1-2-13-36-27-24(29)15-30-28(32-27)31-21-4-6-23(7-5-21)37-18-22(35)17-34-11-9-33(10-12-34)16-20-3-8-25-26(14-20)39-19-38-25/h1,3-8,14-15,22,35H,9-13,16-19H2,(H,30,31,32). The summed E-state index contributed by atoms with van der Waals surface area (Å²) in [4.78, 5) is 13.2. The van der Waals surface area contributed by atoms with Gasteiger partial charge in [-0.1, -0.05) is 12.0 Å². The summed E-state index contributed by atoms with van der Waals surface area (Å²) in [5.74, 6) is 5.45. The van der Waals surface area contributed by atoms with Gasteiger partial charge in [0, 0.05) is 45.0 Å². The van der Waals surface area contributed by atoms with Crippen LogP contribution in [0.3, 0.4) is 0 Å². The monoisotopic (exact) mass is 595 g/mol. The number of fused-ring (bicyclic) bond motifs is 1. The van der Waals surface area contributed by atoms with E-state index in [1.807, 2.05) is 30.3 Å². The third-order valence-corrected chi connectivity index (χ3v) is 6.88. The number of hydrogen-bond donors (Lipinski definition) is 2. The van der Waals surface area contributed by atoms with Crippen LogP contribution >= 0.6 is 15.9 Å². The Hall–Kier alpha value is -3.56. The Morgan fingerprint density at radius 3 is 2.62 bits per heavy atom. The van der Waals surface area contributed by atoms with Gasteiger partial charge in [-0.3, -0.25) is 9.80 Å². The molecule has 1 saturated heterocycles. The van der Waals surface area contributed by atoms with E-state index in [2.05, 4.69) is 59.1 Å². The summed E-state index contributed by atoms with van der Waals surface area (Å²) in [5.41, 5.74) is 2.00. The molecule has 2 aromatic carbocycles. The van der Waals surface area contributed by atoms with Crippen LogP contribution < -0.4 is 24.3 Å². The van der Waals surface area contributed by atoms with Gasteiger partial charge in [-0.2, -0.15) is 4.98 Å². The van der Waals surface area contributed by atoms with Crippen LogP contribution in [0.1, 0.15) is 5.56 Å². The molecular formula is C28H30BrN5O5. The SMILES string of the molecule is C#CCOc1nc(Nc2ccc(OCC(O)CN3CCN(Cc4ccc5c(c4)OCO5)CC3)cc2)ncc1Br. The number of aromatic nitrogens is 2. The summed E-state index contributed by atoms with van der Waals surface area (Å²) in [6.07, 6.45) is 6.26. The van der Waals surface area contributed by atoms with Crippen LogP contribution in [0, 0.1) is 12.3 Å². The molecule has 5 rings (SSSR count). The molecule has 0 radical (unpaired) electrons. The molecule has 1 atom stereocenters. The lowest BCUT2D eigenvalue weighted by Gasteiger charge is -2.35. The number of aliphatic hydroxyl groups excluding tert-OH is 1. The second-order valence-corrected chi connectivity index (χ2v) is 10.1. The van der Waals surface area contributed by atoms with Crippen molar-refractivity contribution in [1.29, 1.82) is 0 Å². The molecule has 39 heavy (non-hydrogen) atoms. The van der Waals surface area contributed by atoms with Crippen molar-refractivity contribution < 1.29 is 24.1 Å². The molecular weight excluding hydrogens is 566 g/mol. The van der Waals surface area contributed by atoms with Crippen LogP contribution in [0.4, 0.5) is 11.6 Å². The number of hydrogen-bond acceptors (Lipinski definition) is 10. The van der Waals surface area contributed by atoms with Crippen molar-refractivity contribution in [3.63, 3.8) is 0 Å². The maximum Gasteiger partial charge on any atom is 0.233 e. The van der Waals surface area contributed by atoms with Crippen LogP contribution in [0.5, 0.6) is 23.1 Å². The fourth-order valence-electron chi connectivity index (χ4n) is 4.36. The highest BCUT2D eigenvalue weighted by Gasteiger charge is 2.21. The van der Waals surface area contributed by atoms with E-state index in [-0.39, 0.29) is 13.2 Å². The molecule has 2 aliphatic rings. The first-order chi connectivity index (χ1) is 19.1. The molecule has 0 bridgehead atoms. The molecule has 0 amide bonds. The average Bonchev–Trinajstić information content (AvgIpc) is 3.42. The van der Waals surface area contributed by atoms with Gasteiger partial charge < -0.3 is 29.4 Å². The Balaban J connectivity index is 1.02. The first-order valence-electron chi connectivity index (χ1n) is 12.7. The molecule has 10 nitrogen and oxygen atoms in total. The second-order valence-electron chi connectivity index (χ2n) is 9.22. The Morgan fingerprint density at radius 1 is 1.05 bits per heavy atom. The highest BCUT2D eigenvalue weighted by molar-refractivity contribution is 9.10. The van der Waals surface area contributed by atoms with E-state index in [1.165, 1.54) is 5.56 Å². The van der Waals surface area contributed by atoms with E-state index in [9.17, 15) is 5.11 Å². The number of halogens is 1. The van der Waals surface area contributed by atoms with E-state index >= 15 is 0 Å². The zero-order valence-corrected chi connectivity index (χ0v) is 23.0. The van der Waals surface area contributed by atoms with E-state index in [0.717, 1.165) is 49.9 Å². The first kappa shape index (κ1) is 27.0. The molecule has 11 heteroatoms. The summed E-state index contributed by atoms with van der Waals surface area (Å²) >= 11 is 3.34. The number of anilines is 2. The summed E-state index contributed by atoms with van der Waals surface area (Å²) in [6, 6.07) is 13.5. The summed E-state index contributed by atoms with van der Waals surface area (Å²) in [6.45, 7) is 5.75. The molecule has 0 saturated carbocycles. The van der Waals surface area contributed by atoms with E-state index < -0.39 is 6.10 Å². The van der Waals surface area contributed by atoms with Crippen molar-refractivity contribution in [2.45, 2.75) is 12.6 Å². The minimum absolute atomic E-state index is 0.116. The van der Waals surface area contributed by atoms with E-state index in [4.69, 9.17) is 25.4 Å². The molecule has 0 aliphatic carbocycles. The summed E-state index contributed by atoms with van der Waals surface area (Å²) in [7, 11) is 0. The third kappa shape index (κ3) is 7.52. The molecule has 0 spiro atoms.